The van der Waals surface area contributed by atoms with E-state index in [0.717, 1.165) is 12.3 Å². The molecule has 6 aromatic rings. The zero-order chi connectivity index (χ0) is 31.0. The summed E-state index contributed by atoms with van der Waals surface area (Å²) in [7, 11) is 0. The number of aromatic nitrogens is 10. The van der Waals surface area contributed by atoms with Gasteiger partial charge >= 0.3 is 12.7 Å². The number of nitrogens with one attached hydrogen (secondary N) is 1. The number of benzene rings is 1. The highest BCUT2D eigenvalue weighted by molar-refractivity contribution is 6.31. The van der Waals surface area contributed by atoms with Crippen LogP contribution in [0.4, 0.5) is 26.3 Å². The molecule has 17 heteroatoms. The molecule has 0 aliphatic rings. The van der Waals surface area contributed by atoms with E-state index in [0.29, 0.717) is 27.2 Å². The third-order valence-electron chi connectivity index (χ3n) is 6.74. The molecule has 0 aliphatic carbocycles. The van der Waals surface area contributed by atoms with E-state index < -0.39 is 30.3 Å². The molecule has 0 unspecified atom stereocenters. The number of pyridine rings is 2. The van der Waals surface area contributed by atoms with Crippen LogP contribution in [0.5, 0.6) is 0 Å². The molecule has 1 atom stereocenters. The fraction of sp³-hybridized carbons (Fsp3) is 0.148. The molecule has 0 saturated heterocycles. The Hall–Kier alpha value is -5.12. The summed E-state index contributed by atoms with van der Waals surface area (Å²) in [6.45, 7) is -2.90. The summed E-state index contributed by atoms with van der Waals surface area (Å²) < 4.78 is 85.8. The average Bonchev–Trinajstić information content (AvgIpc) is 3.79. The van der Waals surface area contributed by atoms with Crippen LogP contribution in [0.1, 0.15) is 29.5 Å². The van der Waals surface area contributed by atoms with Crippen LogP contribution in [0.25, 0.3) is 28.1 Å². The zero-order valence-corrected chi connectivity index (χ0v) is 22.8. The van der Waals surface area contributed by atoms with Crippen LogP contribution in [0.2, 0.25) is 5.02 Å². The number of aromatic amines is 1. The van der Waals surface area contributed by atoms with Gasteiger partial charge in [-0.25, -0.2) is 9.07 Å². The summed E-state index contributed by atoms with van der Waals surface area (Å²) in [6.07, 6.45) is 3.10. The monoisotopic (exact) mass is 631 g/mol. The molecule has 5 heterocycles. The van der Waals surface area contributed by atoms with E-state index in [1.807, 2.05) is 0 Å². The third-order valence-corrected chi connectivity index (χ3v) is 7.03. The minimum absolute atomic E-state index is 0.0282. The lowest BCUT2D eigenvalue weighted by Crippen LogP contribution is -2.33. The lowest BCUT2D eigenvalue weighted by Gasteiger charge is -2.19. The first-order valence-corrected chi connectivity index (χ1v) is 13.1. The molecule has 1 N–H and O–H groups in total. The molecule has 0 spiro atoms. The lowest BCUT2D eigenvalue weighted by atomic mass is 10.0. The lowest BCUT2D eigenvalue weighted by molar-refractivity contribution is -0.659. The van der Waals surface area contributed by atoms with Gasteiger partial charge in [-0.15, -0.1) is 4.68 Å². The van der Waals surface area contributed by atoms with E-state index in [9.17, 15) is 22.0 Å². The smallest absolute Gasteiger partial charge is 0.263 e. The molecular formula is C27H18ClF6N10+. The highest BCUT2D eigenvalue weighted by Gasteiger charge is 2.33. The van der Waals surface area contributed by atoms with Gasteiger partial charge in [0.1, 0.15) is 16.5 Å². The Balaban J connectivity index is 1.42. The molecule has 0 saturated carbocycles. The molecule has 0 amide bonds. The molecule has 0 aliphatic heterocycles. The van der Waals surface area contributed by atoms with Gasteiger partial charge < -0.3 is 0 Å². The van der Waals surface area contributed by atoms with Gasteiger partial charge in [-0.2, -0.15) is 32.1 Å². The van der Waals surface area contributed by atoms with Crippen molar-refractivity contribution in [2.24, 2.45) is 0 Å². The van der Waals surface area contributed by atoms with E-state index in [4.69, 9.17) is 11.6 Å². The first kappa shape index (κ1) is 29.0. The first-order chi connectivity index (χ1) is 21.1. The maximum absolute atomic E-state index is 15.3. The van der Waals surface area contributed by atoms with Gasteiger partial charge in [0.05, 0.1) is 34.2 Å². The van der Waals surface area contributed by atoms with Gasteiger partial charge in [0.15, 0.2) is 11.0 Å². The molecule has 0 radical (unpaired) electrons. The van der Waals surface area contributed by atoms with E-state index >= 15 is 4.39 Å². The van der Waals surface area contributed by atoms with Crippen LogP contribution in [0.15, 0.2) is 79.8 Å². The summed E-state index contributed by atoms with van der Waals surface area (Å²) in [5.41, 5.74) is 0.683. The summed E-state index contributed by atoms with van der Waals surface area (Å²) in [6, 6.07) is 9.00. The first-order valence-electron chi connectivity index (χ1n) is 12.7. The van der Waals surface area contributed by atoms with Gasteiger partial charge in [-0.1, -0.05) is 22.9 Å². The van der Waals surface area contributed by atoms with Crippen LogP contribution in [-0.2, 0) is 12.6 Å². The maximum Gasteiger partial charge on any atom is 0.433 e. The molecule has 224 valence electrons. The van der Waals surface area contributed by atoms with Crippen molar-refractivity contribution in [1.82, 2.24) is 45.1 Å². The Morgan fingerprint density at radius 1 is 0.955 bits per heavy atom. The number of H-pyrrole nitrogens is 1. The number of nitrogens with zero attached hydrogens (tertiary/aromatic N) is 9. The summed E-state index contributed by atoms with van der Waals surface area (Å²) in [5.74, 6) is -0.721. The quantitative estimate of drug-likeness (QED) is 0.172. The zero-order valence-electron chi connectivity index (χ0n) is 22.0. The predicted molar refractivity (Wildman–Crippen MR) is 142 cm³/mol. The number of halogens is 7. The minimum atomic E-state index is -4.67. The van der Waals surface area contributed by atoms with Crippen LogP contribution >= 0.6 is 11.6 Å². The fourth-order valence-corrected chi connectivity index (χ4v) is 4.87. The minimum Gasteiger partial charge on any atom is -0.263 e. The molecule has 6 rings (SSSR count). The largest absolute Gasteiger partial charge is 0.433 e. The molecule has 0 bridgehead atoms. The number of hydrogen-bond donors (Lipinski definition) is 1. The Labute approximate surface area is 248 Å². The molecule has 44 heavy (non-hydrogen) atoms. The third kappa shape index (κ3) is 5.62. The Morgan fingerprint density at radius 3 is 2.50 bits per heavy atom. The second kappa shape index (κ2) is 11.5. The van der Waals surface area contributed by atoms with E-state index in [-0.39, 0.29) is 28.3 Å². The van der Waals surface area contributed by atoms with Gasteiger partial charge in [0, 0.05) is 42.3 Å². The van der Waals surface area contributed by atoms with E-state index in [1.165, 1.54) is 58.7 Å². The summed E-state index contributed by atoms with van der Waals surface area (Å²) in [4.78, 5) is 7.93. The number of alkyl halides is 5. The number of tetrazole rings is 1. The molecule has 10 nitrogen and oxygen atoms in total. The van der Waals surface area contributed by atoms with Gasteiger partial charge in [0.2, 0.25) is 0 Å². The van der Waals surface area contributed by atoms with Crippen LogP contribution < -0.4 is 4.68 Å². The normalized spacial score (nSPS) is 12.6. The van der Waals surface area contributed by atoms with Crippen LogP contribution in [0.3, 0.4) is 0 Å². The van der Waals surface area contributed by atoms with Crippen molar-refractivity contribution in [3.63, 3.8) is 0 Å². The average molecular weight is 632 g/mol. The summed E-state index contributed by atoms with van der Waals surface area (Å²) >= 11 is 6.07. The highest BCUT2D eigenvalue weighted by atomic mass is 35.5. The summed E-state index contributed by atoms with van der Waals surface area (Å²) in [5, 5.41) is 17.8. The SMILES string of the molecule is Fc1c(Cl)ccc(-[n+]2cnn[nH]2)c1-c1ccc([C@@H](Cc2ccnc(C(F)(F)F)c2)n2cc(-c3ccnn3C(F)F)cn2)nc1. The molecule has 1 aromatic carbocycles. The van der Waals surface area contributed by atoms with Gasteiger partial charge in [-0.05, 0) is 42.0 Å². The van der Waals surface area contributed by atoms with Crippen molar-refractivity contribution >= 4 is 11.6 Å². The standard InChI is InChI=1S/C27H17ClF6N10/c28-18-2-4-21(43-14-37-40-41-43)24(25(18)29)16-1-3-19(36-11-16)22(9-15-5-7-35-23(10-15)27(32,33)34)42-13-17(12-39-42)20-6-8-38-44(20)26(30)31/h1-8,10-14,22,26H,9H2/p+1/t22-/m1/s1. The molecule has 0 fully saturated rings. The van der Waals surface area contributed by atoms with Crippen molar-refractivity contribution in [2.75, 3.05) is 0 Å². The highest BCUT2D eigenvalue weighted by Crippen LogP contribution is 2.34. The van der Waals surface area contributed by atoms with E-state index in [1.54, 1.807) is 18.2 Å². The van der Waals surface area contributed by atoms with Crippen LogP contribution in [0, 0.1) is 5.82 Å². The Kier molecular flexibility index (Phi) is 7.59. The van der Waals surface area contributed by atoms with Gasteiger partial charge in [0.25, 0.3) is 6.33 Å². The second-order valence-electron chi connectivity index (χ2n) is 9.44. The second-order valence-corrected chi connectivity index (χ2v) is 9.85. The number of hydrogen-bond acceptors (Lipinski definition) is 6. The fourth-order valence-electron chi connectivity index (χ4n) is 4.71. The van der Waals surface area contributed by atoms with Gasteiger partial charge in [-0.3, -0.25) is 14.6 Å². The van der Waals surface area contributed by atoms with Crippen molar-refractivity contribution in [1.29, 1.82) is 0 Å². The van der Waals surface area contributed by atoms with E-state index in [2.05, 4.69) is 35.7 Å². The predicted octanol–water partition coefficient (Wildman–Crippen LogP) is 5.64. The topological polar surface area (TPSA) is 107 Å². The molecule has 5 aromatic heterocycles. The van der Waals surface area contributed by atoms with Crippen LogP contribution in [-0.4, -0.2) is 45.1 Å². The number of rotatable bonds is 8. The Morgan fingerprint density at radius 2 is 1.80 bits per heavy atom. The molecular weight excluding hydrogens is 614 g/mol. The van der Waals surface area contributed by atoms with Crippen molar-refractivity contribution in [3.05, 3.63) is 108 Å². The van der Waals surface area contributed by atoms with Crippen molar-refractivity contribution in [2.45, 2.75) is 25.2 Å². The Bertz CT molecular complexity index is 1900. The van der Waals surface area contributed by atoms with Crippen molar-refractivity contribution < 1.29 is 31.0 Å². The maximum atomic E-state index is 15.3. The van der Waals surface area contributed by atoms with Crippen molar-refractivity contribution in [3.8, 4) is 28.1 Å².